The minimum atomic E-state index is -0.238. The highest BCUT2D eigenvalue weighted by molar-refractivity contribution is 5.78. The van der Waals surface area contributed by atoms with Crippen LogP contribution in [0.4, 0.5) is 4.39 Å². The van der Waals surface area contributed by atoms with Gasteiger partial charge in [-0.3, -0.25) is 9.69 Å². The Morgan fingerprint density at radius 1 is 1.18 bits per heavy atom. The van der Waals surface area contributed by atoms with Gasteiger partial charge in [-0.05, 0) is 45.0 Å². The van der Waals surface area contributed by atoms with E-state index in [1.54, 1.807) is 12.1 Å². The minimum absolute atomic E-state index is 0.107. The van der Waals surface area contributed by atoms with E-state index in [1.807, 2.05) is 11.0 Å². The Labute approximate surface area is 168 Å². The summed E-state index contributed by atoms with van der Waals surface area (Å²) >= 11 is 0. The molecule has 2 heterocycles. The number of carbonyl (C=O) groups is 1. The lowest BCUT2D eigenvalue weighted by atomic mass is 10.0. The van der Waals surface area contributed by atoms with E-state index in [4.69, 9.17) is 4.74 Å². The summed E-state index contributed by atoms with van der Waals surface area (Å²) in [5, 5.41) is 0. The predicted octanol–water partition coefficient (Wildman–Crippen LogP) is 2.61. The molecule has 0 bridgehead atoms. The van der Waals surface area contributed by atoms with Gasteiger partial charge in [0.1, 0.15) is 5.82 Å². The molecule has 0 radical (unpaired) electrons. The number of hydrogen-bond donors (Lipinski definition) is 0. The van der Waals surface area contributed by atoms with Crippen molar-refractivity contribution in [3.8, 4) is 0 Å². The maximum absolute atomic E-state index is 14.0. The molecular formula is C22H34FN3O2. The second-order valence-corrected chi connectivity index (χ2v) is 8.68. The molecule has 6 heteroatoms. The van der Waals surface area contributed by atoms with Crippen molar-refractivity contribution in [3.63, 3.8) is 0 Å². The van der Waals surface area contributed by atoms with Crippen LogP contribution < -0.4 is 0 Å². The van der Waals surface area contributed by atoms with Crippen molar-refractivity contribution < 1.29 is 13.9 Å². The van der Waals surface area contributed by atoms with E-state index in [9.17, 15) is 9.18 Å². The fourth-order valence-electron chi connectivity index (χ4n) is 4.19. The highest BCUT2D eigenvalue weighted by Gasteiger charge is 2.33. The molecule has 1 unspecified atom stereocenters. The number of halogens is 1. The van der Waals surface area contributed by atoms with Crippen LogP contribution in [0.15, 0.2) is 24.3 Å². The van der Waals surface area contributed by atoms with Crippen LogP contribution in [-0.4, -0.2) is 79.1 Å². The molecule has 0 N–H and O–H groups in total. The van der Waals surface area contributed by atoms with E-state index in [-0.39, 0.29) is 24.4 Å². The summed E-state index contributed by atoms with van der Waals surface area (Å²) in [5.41, 5.74) is 0.569. The zero-order valence-corrected chi connectivity index (χ0v) is 17.4. The van der Waals surface area contributed by atoms with Crippen LogP contribution in [0, 0.1) is 11.7 Å². The normalized spacial score (nSPS) is 23.4. The molecule has 1 amide bonds. The molecular weight excluding hydrogens is 357 g/mol. The molecule has 2 saturated heterocycles. The maximum atomic E-state index is 14.0. The minimum Gasteiger partial charge on any atom is -0.370 e. The first kappa shape index (κ1) is 21.2. The van der Waals surface area contributed by atoms with Crippen molar-refractivity contribution in [2.75, 3.05) is 46.3 Å². The third-order valence-corrected chi connectivity index (χ3v) is 5.78. The Morgan fingerprint density at radius 2 is 1.89 bits per heavy atom. The molecule has 1 aromatic rings. The van der Waals surface area contributed by atoms with Crippen LogP contribution in [0.3, 0.4) is 0 Å². The summed E-state index contributed by atoms with van der Waals surface area (Å²) in [5.74, 6) is 0.356. The van der Waals surface area contributed by atoms with Crippen molar-refractivity contribution in [2.45, 2.75) is 45.4 Å². The number of carbonyl (C=O) groups excluding carboxylic acids is 1. The fourth-order valence-corrected chi connectivity index (χ4v) is 4.19. The Morgan fingerprint density at radius 3 is 2.57 bits per heavy atom. The maximum Gasteiger partial charge on any atom is 0.236 e. The first-order valence-corrected chi connectivity index (χ1v) is 10.5. The summed E-state index contributed by atoms with van der Waals surface area (Å²) in [6, 6.07) is 7.16. The average Bonchev–Trinajstić information content (AvgIpc) is 2.80. The number of amides is 1. The second kappa shape index (κ2) is 9.81. The molecule has 2 fully saturated rings. The SMILES string of the molecule is CC(C)CN1CC(OCc2ccccc2F)CN(C2CCN(C)CC2)CC1=O. The quantitative estimate of drug-likeness (QED) is 0.747. The summed E-state index contributed by atoms with van der Waals surface area (Å²) in [7, 11) is 2.15. The molecule has 3 rings (SSSR count). The predicted molar refractivity (Wildman–Crippen MR) is 108 cm³/mol. The van der Waals surface area contributed by atoms with Crippen LogP contribution in [0.2, 0.25) is 0 Å². The third-order valence-electron chi connectivity index (χ3n) is 5.78. The summed E-state index contributed by atoms with van der Waals surface area (Å²) in [6.45, 7) is 9.11. The molecule has 0 aliphatic carbocycles. The van der Waals surface area contributed by atoms with Gasteiger partial charge in [0, 0.05) is 31.2 Å². The fraction of sp³-hybridized carbons (Fsp3) is 0.682. The monoisotopic (exact) mass is 391 g/mol. The van der Waals surface area contributed by atoms with E-state index < -0.39 is 0 Å². The number of benzene rings is 1. The Kier molecular flexibility index (Phi) is 7.43. The Balaban J connectivity index is 1.69. The van der Waals surface area contributed by atoms with Gasteiger partial charge < -0.3 is 14.5 Å². The van der Waals surface area contributed by atoms with Crippen LogP contribution in [0.5, 0.6) is 0 Å². The van der Waals surface area contributed by atoms with E-state index >= 15 is 0 Å². The van der Waals surface area contributed by atoms with Gasteiger partial charge in [-0.25, -0.2) is 4.39 Å². The summed E-state index contributed by atoms with van der Waals surface area (Å²) in [6.07, 6.45) is 2.05. The lowest BCUT2D eigenvalue weighted by Crippen LogP contribution is -2.47. The van der Waals surface area contributed by atoms with Gasteiger partial charge >= 0.3 is 0 Å². The van der Waals surface area contributed by atoms with Crippen LogP contribution in [0.1, 0.15) is 32.3 Å². The highest BCUT2D eigenvalue weighted by atomic mass is 19.1. The first-order valence-electron chi connectivity index (χ1n) is 10.5. The Hall–Kier alpha value is -1.50. The molecule has 0 aromatic heterocycles. The van der Waals surface area contributed by atoms with Crippen molar-refractivity contribution in [3.05, 3.63) is 35.6 Å². The molecule has 28 heavy (non-hydrogen) atoms. The average molecular weight is 392 g/mol. The number of piperidine rings is 1. The Bertz CT molecular complexity index is 646. The number of rotatable bonds is 6. The van der Waals surface area contributed by atoms with Gasteiger partial charge in [0.05, 0.1) is 19.3 Å². The molecule has 156 valence electrons. The summed E-state index contributed by atoms with van der Waals surface area (Å²) < 4.78 is 20.1. The van der Waals surface area contributed by atoms with Crippen molar-refractivity contribution in [2.24, 2.45) is 5.92 Å². The summed E-state index contributed by atoms with van der Waals surface area (Å²) in [4.78, 5) is 19.5. The van der Waals surface area contributed by atoms with Crippen LogP contribution in [-0.2, 0) is 16.1 Å². The van der Waals surface area contributed by atoms with Gasteiger partial charge in [0.15, 0.2) is 0 Å². The van der Waals surface area contributed by atoms with Crippen molar-refractivity contribution in [1.29, 1.82) is 0 Å². The number of hydrogen-bond acceptors (Lipinski definition) is 4. The highest BCUT2D eigenvalue weighted by Crippen LogP contribution is 2.20. The van der Waals surface area contributed by atoms with Crippen molar-refractivity contribution >= 4 is 5.91 Å². The molecule has 0 spiro atoms. The lowest BCUT2D eigenvalue weighted by molar-refractivity contribution is -0.132. The number of ether oxygens (including phenoxy) is 1. The number of nitrogens with zero attached hydrogens (tertiary/aromatic N) is 3. The third kappa shape index (κ3) is 5.75. The smallest absolute Gasteiger partial charge is 0.236 e. The molecule has 0 saturated carbocycles. The van der Waals surface area contributed by atoms with Gasteiger partial charge in [0.2, 0.25) is 5.91 Å². The lowest BCUT2D eigenvalue weighted by Gasteiger charge is -2.37. The largest absolute Gasteiger partial charge is 0.370 e. The van der Waals surface area contributed by atoms with Crippen LogP contribution >= 0.6 is 0 Å². The standard InChI is InChI=1S/C22H34FN3O2/c1-17(2)12-26-14-20(28-16-18-6-4-5-7-21(18)23)13-25(15-22(26)27)19-8-10-24(3)11-9-19/h4-7,17,19-20H,8-16H2,1-3H3. The molecule has 2 aliphatic heterocycles. The number of likely N-dealkylation sites (tertiary alicyclic amines) is 1. The van der Waals surface area contributed by atoms with E-state index in [0.717, 1.165) is 39.0 Å². The van der Waals surface area contributed by atoms with Gasteiger partial charge in [0.25, 0.3) is 0 Å². The van der Waals surface area contributed by atoms with Gasteiger partial charge in [-0.1, -0.05) is 32.0 Å². The van der Waals surface area contributed by atoms with Crippen molar-refractivity contribution in [1.82, 2.24) is 14.7 Å². The first-order chi connectivity index (χ1) is 13.4. The molecule has 2 aliphatic rings. The zero-order valence-electron chi connectivity index (χ0n) is 17.4. The topological polar surface area (TPSA) is 36.0 Å². The van der Waals surface area contributed by atoms with E-state index in [1.165, 1.54) is 6.07 Å². The van der Waals surface area contributed by atoms with Gasteiger partial charge in [-0.15, -0.1) is 0 Å². The van der Waals surface area contributed by atoms with Crippen LogP contribution in [0.25, 0.3) is 0 Å². The zero-order chi connectivity index (χ0) is 20.1. The van der Waals surface area contributed by atoms with E-state index in [0.29, 0.717) is 30.6 Å². The van der Waals surface area contributed by atoms with Gasteiger partial charge in [-0.2, -0.15) is 0 Å². The second-order valence-electron chi connectivity index (χ2n) is 8.68. The molecule has 1 atom stereocenters. The molecule has 5 nitrogen and oxygen atoms in total. The molecule has 1 aromatic carbocycles. The van der Waals surface area contributed by atoms with E-state index in [2.05, 4.69) is 30.7 Å².